The maximum atomic E-state index is 13.2. The number of rotatable bonds is 4. The average Bonchev–Trinajstić information content (AvgIpc) is 2.79. The fraction of sp³-hybridized carbons (Fsp3) is 0.208. The van der Waals surface area contributed by atoms with Crippen molar-refractivity contribution in [1.82, 2.24) is 14.0 Å². The lowest BCUT2D eigenvalue weighted by atomic mass is 10.1. The Bertz CT molecular complexity index is 1470. The van der Waals surface area contributed by atoms with Crippen LogP contribution in [0.4, 0.5) is 0 Å². The van der Waals surface area contributed by atoms with E-state index in [1.165, 1.54) is 10.5 Å². The number of fused-ring (bicyclic) bond motifs is 2. The van der Waals surface area contributed by atoms with Crippen LogP contribution < -0.4 is 11.0 Å². The molecule has 0 N–H and O–H groups in total. The van der Waals surface area contributed by atoms with Gasteiger partial charge in [-0.05, 0) is 51.1 Å². The molecule has 0 radical (unpaired) electrons. The van der Waals surface area contributed by atoms with E-state index in [1.54, 1.807) is 66.2 Å². The number of carbonyl (C=O) groups is 2. The summed E-state index contributed by atoms with van der Waals surface area (Å²) >= 11 is 0. The van der Waals surface area contributed by atoms with E-state index in [9.17, 15) is 14.4 Å². The van der Waals surface area contributed by atoms with Crippen molar-refractivity contribution in [3.05, 3.63) is 87.8 Å². The minimum Gasteiger partial charge on any atom is -0.462 e. The Morgan fingerprint density at radius 1 is 1.09 bits per heavy atom. The highest BCUT2D eigenvalue weighted by atomic mass is 16.5. The van der Waals surface area contributed by atoms with Crippen molar-refractivity contribution >= 4 is 28.6 Å². The zero-order valence-corrected chi connectivity index (χ0v) is 18.0. The van der Waals surface area contributed by atoms with Crippen LogP contribution in [0.2, 0.25) is 0 Å². The fourth-order valence-electron chi connectivity index (χ4n) is 3.54. The molecular formula is C24H22N4O4. The predicted molar refractivity (Wildman–Crippen MR) is 120 cm³/mol. The minimum absolute atomic E-state index is 0.0344. The summed E-state index contributed by atoms with van der Waals surface area (Å²) in [5.74, 6) is -1.18. The number of amides is 1. The van der Waals surface area contributed by atoms with E-state index in [4.69, 9.17) is 4.74 Å². The molecule has 1 aromatic carbocycles. The van der Waals surface area contributed by atoms with Crippen LogP contribution in [0.5, 0.6) is 0 Å². The van der Waals surface area contributed by atoms with E-state index in [-0.39, 0.29) is 34.6 Å². The standard InChI is InChI=1S/C24H22N4O4/c1-4-32-24(31)18-14-17-20(25-19-12-8-9-13-27(19)23(17)30)28(15(2)3)21(18)26-22(29)16-10-6-5-7-11-16/h5-15H,4H2,1-3H3. The van der Waals surface area contributed by atoms with E-state index < -0.39 is 11.9 Å². The van der Waals surface area contributed by atoms with Crippen LogP contribution in [0.3, 0.4) is 0 Å². The molecule has 0 fully saturated rings. The van der Waals surface area contributed by atoms with Gasteiger partial charge in [-0.25, -0.2) is 9.78 Å². The Kier molecular flexibility index (Phi) is 5.68. The van der Waals surface area contributed by atoms with Crippen LogP contribution in [0, 0.1) is 0 Å². The Labute approximate surface area is 183 Å². The normalized spacial score (nSPS) is 11.9. The summed E-state index contributed by atoms with van der Waals surface area (Å²) in [5, 5.41) is 0.233. The lowest BCUT2D eigenvalue weighted by molar-refractivity contribution is 0.0523. The van der Waals surface area contributed by atoms with Crippen molar-refractivity contribution in [2.24, 2.45) is 4.99 Å². The molecule has 0 aliphatic rings. The fourth-order valence-corrected chi connectivity index (χ4v) is 3.54. The van der Waals surface area contributed by atoms with Crippen molar-refractivity contribution in [3.8, 4) is 0 Å². The first-order valence-electron chi connectivity index (χ1n) is 10.3. The molecule has 162 valence electrons. The highest BCUT2D eigenvalue weighted by Crippen LogP contribution is 2.15. The number of esters is 1. The maximum Gasteiger partial charge on any atom is 0.341 e. The van der Waals surface area contributed by atoms with Crippen molar-refractivity contribution in [2.75, 3.05) is 6.61 Å². The van der Waals surface area contributed by atoms with Crippen LogP contribution in [0.25, 0.3) is 16.7 Å². The van der Waals surface area contributed by atoms with Gasteiger partial charge < -0.3 is 9.30 Å². The van der Waals surface area contributed by atoms with E-state index in [2.05, 4.69) is 9.98 Å². The van der Waals surface area contributed by atoms with Gasteiger partial charge in [-0.2, -0.15) is 4.99 Å². The molecule has 3 heterocycles. The Morgan fingerprint density at radius 3 is 2.50 bits per heavy atom. The monoisotopic (exact) mass is 430 g/mol. The molecule has 0 atom stereocenters. The van der Waals surface area contributed by atoms with Crippen molar-refractivity contribution in [2.45, 2.75) is 26.8 Å². The summed E-state index contributed by atoms with van der Waals surface area (Å²) < 4.78 is 8.26. The number of aromatic nitrogens is 3. The molecule has 4 rings (SSSR count). The SMILES string of the molecule is CCOC(=O)c1cc2c(=O)n3ccccc3nc2n(C(C)C)c1=NC(=O)c1ccccc1. The third kappa shape index (κ3) is 3.71. The Balaban J connectivity index is 2.16. The molecule has 8 nitrogen and oxygen atoms in total. The molecule has 0 spiro atoms. The van der Waals surface area contributed by atoms with Crippen LogP contribution >= 0.6 is 0 Å². The Morgan fingerprint density at radius 2 is 1.81 bits per heavy atom. The van der Waals surface area contributed by atoms with Gasteiger partial charge in [0.05, 0.1) is 12.0 Å². The maximum absolute atomic E-state index is 13.2. The van der Waals surface area contributed by atoms with Gasteiger partial charge in [0, 0.05) is 17.8 Å². The van der Waals surface area contributed by atoms with Gasteiger partial charge in [-0.3, -0.25) is 14.0 Å². The number of ether oxygens (including phenoxy) is 1. The van der Waals surface area contributed by atoms with E-state index >= 15 is 0 Å². The van der Waals surface area contributed by atoms with Crippen LogP contribution in [-0.4, -0.2) is 32.4 Å². The predicted octanol–water partition coefficient (Wildman–Crippen LogP) is 3.15. The van der Waals surface area contributed by atoms with Gasteiger partial charge >= 0.3 is 5.97 Å². The van der Waals surface area contributed by atoms with Gasteiger partial charge in [0.25, 0.3) is 11.5 Å². The zero-order valence-electron chi connectivity index (χ0n) is 18.0. The topological polar surface area (TPSA) is 95.0 Å². The number of benzene rings is 1. The third-order valence-corrected chi connectivity index (χ3v) is 4.97. The van der Waals surface area contributed by atoms with Crippen LogP contribution in [0.1, 0.15) is 47.5 Å². The Hall–Kier alpha value is -4.07. The first-order chi connectivity index (χ1) is 15.4. The lowest BCUT2D eigenvalue weighted by Crippen LogP contribution is -2.33. The van der Waals surface area contributed by atoms with Gasteiger partial charge in [-0.1, -0.05) is 24.3 Å². The molecule has 0 bridgehead atoms. The minimum atomic E-state index is -0.666. The molecule has 0 saturated carbocycles. The summed E-state index contributed by atoms with van der Waals surface area (Å²) in [6.45, 7) is 5.56. The molecule has 4 aromatic rings. The summed E-state index contributed by atoms with van der Waals surface area (Å²) in [5.41, 5.74) is 0.974. The molecule has 0 unspecified atom stereocenters. The molecule has 8 heteroatoms. The number of pyridine rings is 2. The second kappa shape index (κ2) is 8.58. The second-order valence-electron chi connectivity index (χ2n) is 7.43. The van der Waals surface area contributed by atoms with Gasteiger partial charge in [0.15, 0.2) is 5.49 Å². The molecule has 0 aliphatic heterocycles. The van der Waals surface area contributed by atoms with Crippen LogP contribution in [0.15, 0.2) is 70.6 Å². The smallest absolute Gasteiger partial charge is 0.341 e. The van der Waals surface area contributed by atoms with E-state index in [1.807, 2.05) is 13.8 Å². The number of hydrogen-bond donors (Lipinski definition) is 0. The third-order valence-electron chi connectivity index (χ3n) is 4.97. The summed E-state index contributed by atoms with van der Waals surface area (Å²) in [7, 11) is 0. The molecule has 32 heavy (non-hydrogen) atoms. The van der Waals surface area contributed by atoms with Gasteiger partial charge in [0.2, 0.25) is 0 Å². The number of nitrogens with zero attached hydrogens (tertiary/aromatic N) is 4. The summed E-state index contributed by atoms with van der Waals surface area (Å²) in [4.78, 5) is 47.9. The van der Waals surface area contributed by atoms with Crippen molar-refractivity contribution in [3.63, 3.8) is 0 Å². The summed E-state index contributed by atoms with van der Waals surface area (Å²) in [6, 6.07) is 15.0. The largest absolute Gasteiger partial charge is 0.462 e. The molecular weight excluding hydrogens is 408 g/mol. The second-order valence-corrected chi connectivity index (χ2v) is 7.43. The van der Waals surface area contributed by atoms with Crippen molar-refractivity contribution < 1.29 is 14.3 Å². The molecule has 0 aliphatic carbocycles. The molecule has 0 saturated heterocycles. The number of hydrogen-bond acceptors (Lipinski definition) is 5. The highest BCUT2D eigenvalue weighted by Gasteiger charge is 2.21. The first-order valence-corrected chi connectivity index (χ1v) is 10.3. The van der Waals surface area contributed by atoms with E-state index in [0.717, 1.165) is 0 Å². The quantitative estimate of drug-likeness (QED) is 0.366. The summed E-state index contributed by atoms with van der Waals surface area (Å²) in [6.07, 6.45) is 1.62. The first kappa shape index (κ1) is 21.2. The van der Waals surface area contributed by atoms with Crippen molar-refractivity contribution in [1.29, 1.82) is 0 Å². The molecule has 1 amide bonds. The zero-order chi connectivity index (χ0) is 22.8. The van der Waals surface area contributed by atoms with Gasteiger partial charge in [-0.15, -0.1) is 0 Å². The molecule has 3 aromatic heterocycles. The van der Waals surface area contributed by atoms with Gasteiger partial charge in [0.1, 0.15) is 16.9 Å². The van der Waals surface area contributed by atoms with Crippen LogP contribution in [-0.2, 0) is 4.74 Å². The average molecular weight is 430 g/mol. The van der Waals surface area contributed by atoms with E-state index in [0.29, 0.717) is 16.9 Å². The highest BCUT2D eigenvalue weighted by molar-refractivity contribution is 5.97. The lowest BCUT2D eigenvalue weighted by Gasteiger charge is -2.17. The number of carbonyl (C=O) groups excluding carboxylic acids is 2.